The molecule has 0 aliphatic carbocycles. The van der Waals surface area contributed by atoms with Crippen molar-refractivity contribution >= 4 is 5.97 Å². The summed E-state index contributed by atoms with van der Waals surface area (Å²) in [6, 6.07) is 9.57. The van der Waals surface area contributed by atoms with Crippen LogP contribution in [0, 0.1) is 11.8 Å². The average molecular weight is 378 g/mol. The third kappa shape index (κ3) is 4.69. The number of nitrogens with zero attached hydrogens (tertiary/aromatic N) is 2. The molecular formula is C23H26N2O3. The van der Waals surface area contributed by atoms with Gasteiger partial charge in [-0.05, 0) is 68.9 Å². The summed E-state index contributed by atoms with van der Waals surface area (Å²) in [5, 5.41) is 8.14. The first-order chi connectivity index (χ1) is 13.2. The first-order valence-electron chi connectivity index (χ1n) is 9.52. The highest BCUT2D eigenvalue weighted by Crippen LogP contribution is 2.44. The molecule has 3 rings (SSSR count). The minimum absolute atomic E-state index is 0.0172. The molecule has 2 aromatic rings. The van der Waals surface area contributed by atoms with Crippen molar-refractivity contribution < 1.29 is 14.3 Å². The number of rotatable bonds is 3. The molecule has 5 nitrogen and oxygen atoms in total. The number of carbonyl (C=O) groups excluding carboxylic acids is 1. The van der Waals surface area contributed by atoms with E-state index in [2.05, 4.69) is 55.8 Å². The molecule has 2 heterocycles. The summed E-state index contributed by atoms with van der Waals surface area (Å²) >= 11 is 0. The summed E-state index contributed by atoms with van der Waals surface area (Å²) in [6.07, 6.45) is 1.06. The Morgan fingerprint density at radius 1 is 1.14 bits per heavy atom. The lowest BCUT2D eigenvalue weighted by atomic mass is 9.73. The van der Waals surface area contributed by atoms with Gasteiger partial charge in [-0.15, -0.1) is 5.10 Å². The Labute approximate surface area is 166 Å². The number of fused-ring (bicyclic) bond motifs is 1. The maximum Gasteiger partial charge on any atom is 0.311 e. The molecule has 0 bridgehead atoms. The molecule has 1 aromatic heterocycles. The second-order valence-corrected chi connectivity index (χ2v) is 8.28. The van der Waals surface area contributed by atoms with Crippen LogP contribution in [-0.2, 0) is 21.4 Å². The molecule has 0 saturated carbocycles. The molecule has 0 spiro atoms. The smallest absolute Gasteiger partial charge is 0.311 e. The van der Waals surface area contributed by atoms with Gasteiger partial charge >= 0.3 is 5.97 Å². The van der Waals surface area contributed by atoms with E-state index in [0.717, 1.165) is 17.7 Å². The van der Waals surface area contributed by atoms with Crippen molar-refractivity contribution in [3.8, 4) is 17.6 Å². The van der Waals surface area contributed by atoms with Crippen LogP contribution in [0.5, 0.6) is 5.75 Å². The molecule has 1 aromatic carbocycles. The van der Waals surface area contributed by atoms with Gasteiger partial charge in [0.15, 0.2) is 0 Å². The predicted octanol–water partition coefficient (Wildman–Crippen LogP) is 3.82. The maximum atomic E-state index is 11.5. The summed E-state index contributed by atoms with van der Waals surface area (Å²) in [6.45, 7) is 10.8. The van der Waals surface area contributed by atoms with Crippen LogP contribution in [0.3, 0.4) is 0 Å². The number of hydrogen-bond acceptors (Lipinski definition) is 5. The molecule has 0 radical (unpaired) electrons. The molecular weight excluding hydrogens is 352 g/mol. The minimum Gasteiger partial charge on any atom is -0.488 e. The van der Waals surface area contributed by atoms with Gasteiger partial charge in [-0.3, -0.25) is 4.79 Å². The topological polar surface area (TPSA) is 61.3 Å². The molecule has 5 heteroatoms. The third-order valence-electron chi connectivity index (χ3n) is 4.65. The van der Waals surface area contributed by atoms with Gasteiger partial charge < -0.3 is 9.47 Å². The Bertz CT molecular complexity index is 935. The molecule has 146 valence electrons. The fourth-order valence-electron chi connectivity index (χ4n) is 3.74. The van der Waals surface area contributed by atoms with Gasteiger partial charge in [-0.1, -0.05) is 19.8 Å². The number of hydrogen-bond donors (Lipinski definition) is 0. The van der Waals surface area contributed by atoms with Crippen molar-refractivity contribution in [3.63, 3.8) is 0 Å². The second-order valence-electron chi connectivity index (χ2n) is 8.28. The largest absolute Gasteiger partial charge is 0.488 e. The van der Waals surface area contributed by atoms with E-state index in [4.69, 9.17) is 9.47 Å². The van der Waals surface area contributed by atoms with E-state index < -0.39 is 0 Å². The van der Waals surface area contributed by atoms with E-state index in [1.165, 1.54) is 5.56 Å². The quantitative estimate of drug-likeness (QED) is 0.600. The first-order valence-corrected chi connectivity index (χ1v) is 9.52. The minimum atomic E-state index is -0.308. The van der Waals surface area contributed by atoms with E-state index >= 15 is 0 Å². The Balaban J connectivity index is 1.77. The van der Waals surface area contributed by atoms with Crippen molar-refractivity contribution in [2.45, 2.75) is 58.5 Å². The zero-order valence-electron chi connectivity index (χ0n) is 17.1. The van der Waals surface area contributed by atoms with Crippen molar-refractivity contribution in [2.75, 3.05) is 6.61 Å². The van der Waals surface area contributed by atoms with E-state index in [0.29, 0.717) is 18.0 Å². The molecule has 0 unspecified atom stereocenters. The van der Waals surface area contributed by atoms with Crippen molar-refractivity contribution in [2.24, 2.45) is 0 Å². The summed E-state index contributed by atoms with van der Waals surface area (Å²) in [7, 11) is 0. The molecule has 0 saturated heterocycles. The molecule has 1 aliphatic rings. The molecule has 0 fully saturated rings. The standard InChI is InChI=1S/C23H26N2O3/c1-6-27-21(26)14-18-11-10-17(24-25-18)9-7-16-8-12-20-19(13-16)22(2,3)15-23(4,5)28-20/h8,10-13H,6,14-15H2,1-5H3. The lowest BCUT2D eigenvalue weighted by Gasteiger charge is -2.42. The fraction of sp³-hybridized carbons (Fsp3) is 0.435. The highest BCUT2D eigenvalue weighted by molar-refractivity contribution is 5.71. The van der Waals surface area contributed by atoms with Crippen molar-refractivity contribution in [1.82, 2.24) is 10.2 Å². The SMILES string of the molecule is CCOC(=O)Cc1ccc(C#Cc2ccc3c(c2)C(C)(C)CC(C)(C)O3)nn1. The second kappa shape index (κ2) is 7.63. The normalized spacial score (nSPS) is 16.2. The highest BCUT2D eigenvalue weighted by Gasteiger charge is 2.38. The number of carbonyl (C=O) groups is 1. The lowest BCUT2D eigenvalue weighted by Crippen LogP contribution is -2.41. The summed E-state index contributed by atoms with van der Waals surface area (Å²) in [4.78, 5) is 11.5. The van der Waals surface area contributed by atoms with Gasteiger partial charge in [-0.25, -0.2) is 0 Å². The summed E-state index contributed by atoms with van der Waals surface area (Å²) in [5.41, 5.74) is 3.05. The monoisotopic (exact) mass is 378 g/mol. The van der Waals surface area contributed by atoms with Gasteiger partial charge in [0, 0.05) is 11.1 Å². The predicted molar refractivity (Wildman–Crippen MR) is 107 cm³/mol. The van der Waals surface area contributed by atoms with Crippen molar-refractivity contribution in [3.05, 3.63) is 52.8 Å². The van der Waals surface area contributed by atoms with Crippen LogP contribution >= 0.6 is 0 Å². The van der Waals surface area contributed by atoms with E-state index in [-0.39, 0.29) is 23.4 Å². The average Bonchev–Trinajstić information content (AvgIpc) is 2.60. The van der Waals surface area contributed by atoms with Crippen LogP contribution in [-0.4, -0.2) is 28.4 Å². The van der Waals surface area contributed by atoms with E-state index in [9.17, 15) is 4.79 Å². The zero-order chi connectivity index (χ0) is 20.4. The number of benzene rings is 1. The van der Waals surface area contributed by atoms with Crippen molar-refractivity contribution in [1.29, 1.82) is 0 Å². The van der Waals surface area contributed by atoms with Crippen LogP contribution < -0.4 is 4.74 Å². The van der Waals surface area contributed by atoms with Crippen LogP contribution in [0.1, 0.15) is 63.6 Å². The molecule has 1 aliphatic heterocycles. The van der Waals surface area contributed by atoms with Crippen LogP contribution in [0.15, 0.2) is 30.3 Å². The number of ether oxygens (including phenoxy) is 2. The Kier molecular flexibility index (Phi) is 5.42. The Morgan fingerprint density at radius 3 is 2.61 bits per heavy atom. The van der Waals surface area contributed by atoms with Gasteiger partial charge in [0.05, 0.1) is 18.7 Å². The fourth-order valence-corrected chi connectivity index (χ4v) is 3.74. The van der Waals surface area contributed by atoms with E-state index in [1.54, 1.807) is 19.1 Å². The molecule has 28 heavy (non-hydrogen) atoms. The Morgan fingerprint density at radius 2 is 1.93 bits per heavy atom. The van der Waals surface area contributed by atoms with Gasteiger partial charge in [-0.2, -0.15) is 5.10 Å². The van der Waals surface area contributed by atoms with Gasteiger partial charge in [0.1, 0.15) is 17.0 Å². The van der Waals surface area contributed by atoms with Crippen LogP contribution in [0.2, 0.25) is 0 Å². The van der Waals surface area contributed by atoms with Gasteiger partial charge in [0.25, 0.3) is 0 Å². The third-order valence-corrected chi connectivity index (χ3v) is 4.65. The maximum absolute atomic E-state index is 11.5. The highest BCUT2D eigenvalue weighted by atomic mass is 16.5. The lowest BCUT2D eigenvalue weighted by molar-refractivity contribution is -0.142. The first kappa shape index (κ1) is 19.9. The molecule has 0 amide bonds. The summed E-state index contributed by atoms with van der Waals surface area (Å²) < 4.78 is 11.0. The molecule has 0 atom stereocenters. The summed E-state index contributed by atoms with van der Waals surface area (Å²) in [5.74, 6) is 6.81. The van der Waals surface area contributed by atoms with Crippen LogP contribution in [0.25, 0.3) is 0 Å². The number of esters is 1. The number of aromatic nitrogens is 2. The van der Waals surface area contributed by atoms with E-state index in [1.807, 2.05) is 12.1 Å². The molecule has 0 N–H and O–H groups in total. The zero-order valence-corrected chi connectivity index (χ0v) is 17.1. The Hall–Kier alpha value is -2.87. The van der Waals surface area contributed by atoms with Gasteiger partial charge in [0.2, 0.25) is 0 Å². The van der Waals surface area contributed by atoms with Crippen LogP contribution in [0.4, 0.5) is 0 Å².